The molecule has 2 aliphatic heterocycles. The molecule has 9 heteroatoms. The number of thiazole rings is 1. The lowest BCUT2D eigenvalue weighted by Gasteiger charge is -2.24. The van der Waals surface area contributed by atoms with Gasteiger partial charge in [0.05, 0.1) is 35.5 Å². The summed E-state index contributed by atoms with van der Waals surface area (Å²) in [7, 11) is 1.56. The first kappa shape index (κ1) is 29.7. The van der Waals surface area contributed by atoms with Crippen molar-refractivity contribution in [2.75, 3.05) is 18.6 Å². The number of anilines is 1. The number of aromatic nitrogens is 1. The number of Topliss-reactive ketones (excluding diaryl/α,β-unsaturated/α-hetero) is 1. The molecule has 1 N–H and O–H groups in total. The first-order valence-electron chi connectivity index (χ1n) is 15.0. The zero-order valence-corrected chi connectivity index (χ0v) is 26.4. The third-order valence-corrected chi connectivity index (χ3v) is 9.15. The van der Waals surface area contributed by atoms with E-state index >= 15 is 0 Å². The van der Waals surface area contributed by atoms with E-state index < -0.39 is 17.7 Å². The van der Waals surface area contributed by atoms with Crippen LogP contribution in [0.3, 0.4) is 0 Å². The quantitative estimate of drug-likeness (QED) is 0.0908. The number of ether oxygens (including phenoxy) is 3. The van der Waals surface area contributed by atoms with Crippen LogP contribution in [0.2, 0.25) is 0 Å². The first-order valence-corrected chi connectivity index (χ1v) is 15.8. The summed E-state index contributed by atoms with van der Waals surface area (Å²) in [6.07, 6.45) is 3.77. The van der Waals surface area contributed by atoms with Crippen molar-refractivity contribution in [2.45, 2.75) is 65.5 Å². The molecule has 1 aromatic heterocycles. The number of hydrogen-bond donors (Lipinski definition) is 1. The van der Waals surface area contributed by atoms with E-state index in [2.05, 4.69) is 6.92 Å². The molecule has 2 aliphatic rings. The van der Waals surface area contributed by atoms with Gasteiger partial charge in [-0.3, -0.25) is 14.5 Å². The van der Waals surface area contributed by atoms with Crippen LogP contribution in [0.1, 0.15) is 67.0 Å². The maximum atomic E-state index is 13.8. The molecule has 2 unspecified atom stereocenters. The lowest BCUT2D eigenvalue weighted by Crippen LogP contribution is -2.29. The molecule has 0 bridgehead atoms. The third kappa shape index (κ3) is 5.30. The van der Waals surface area contributed by atoms with Crippen molar-refractivity contribution in [2.24, 2.45) is 0 Å². The van der Waals surface area contributed by atoms with Crippen molar-refractivity contribution >= 4 is 44.1 Å². The number of benzene rings is 3. The van der Waals surface area contributed by atoms with Gasteiger partial charge >= 0.3 is 5.91 Å². The Morgan fingerprint density at radius 1 is 1.09 bits per heavy atom. The van der Waals surface area contributed by atoms with E-state index in [0.717, 1.165) is 51.9 Å². The van der Waals surface area contributed by atoms with E-state index in [9.17, 15) is 14.7 Å². The molecular weight excluding hydrogens is 576 g/mol. The predicted octanol–water partition coefficient (Wildman–Crippen LogP) is 7.44. The predicted molar refractivity (Wildman–Crippen MR) is 172 cm³/mol. The van der Waals surface area contributed by atoms with E-state index in [1.165, 1.54) is 16.2 Å². The summed E-state index contributed by atoms with van der Waals surface area (Å²) in [6.45, 7) is 8.66. The topological polar surface area (TPSA) is 98.2 Å². The van der Waals surface area contributed by atoms with Crippen LogP contribution in [-0.4, -0.2) is 41.6 Å². The molecular formula is C35H36N2O6S. The molecule has 3 aromatic carbocycles. The molecule has 228 valence electrons. The molecule has 0 aliphatic carbocycles. The Morgan fingerprint density at radius 2 is 1.91 bits per heavy atom. The van der Waals surface area contributed by atoms with E-state index in [-0.39, 0.29) is 17.4 Å². The highest BCUT2D eigenvalue weighted by molar-refractivity contribution is 7.22. The number of nitrogens with zero attached hydrogens (tertiary/aromatic N) is 2. The van der Waals surface area contributed by atoms with Crippen LogP contribution in [-0.2, 0) is 16.0 Å². The largest absolute Gasteiger partial charge is 0.507 e. The van der Waals surface area contributed by atoms with Gasteiger partial charge in [-0.2, -0.15) is 0 Å². The van der Waals surface area contributed by atoms with Gasteiger partial charge in [0.15, 0.2) is 16.6 Å². The summed E-state index contributed by atoms with van der Waals surface area (Å²) in [6, 6.07) is 13.8. The van der Waals surface area contributed by atoms with Gasteiger partial charge in [0.1, 0.15) is 17.6 Å². The SMILES string of the molecule is CCCCCOc1ccc(C2/C(=C(/O)c3ccc4c(c3)CC(C)O4)C(=O)C(=O)N2c2nc3c(C)cc(C)cc3s2)cc1OC. The van der Waals surface area contributed by atoms with Gasteiger partial charge in [0.2, 0.25) is 0 Å². The van der Waals surface area contributed by atoms with Crippen LogP contribution in [0.5, 0.6) is 17.2 Å². The van der Waals surface area contributed by atoms with Gasteiger partial charge in [0, 0.05) is 12.0 Å². The van der Waals surface area contributed by atoms with Gasteiger partial charge in [-0.25, -0.2) is 4.98 Å². The van der Waals surface area contributed by atoms with Crippen molar-refractivity contribution in [3.05, 3.63) is 81.9 Å². The fraction of sp³-hybridized carbons (Fsp3) is 0.343. The van der Waals surface area contributed by atoms with Gasteiger partial charge in [-0.15, -0.1) is 0 Å². The number of rotatable bonds is 9. The minimum atomic E-state index is -0.941. The van der Waals surface area contributed by atoms with Crippen molar-refractivity contribution in [1.82, 2.24) is 4.98 Å². The van der Waals surface area contributed by atoms with Crippen LogP contribution in [0.15, 0.2) is 54.1 Å². The van der Waals surface area contributed by atoms with Crippen LogP contribution < -0.4 is 19.1 Å². The van der Waals surface area contributed by atoms with Gasteiger partial charge in [0.25, 0.3) is 5.78 Å². The van der Waals surface area contributed by atoms with Crippen molar-refractivity contribution in [3.8, 4) is 17.2 Å². The summed E-state index contributed by atoms with van der Waals surface area (Å²) < 4.78 is 18.5. The van der Waals surface area contributed by atoms with Crippen molar-refractivity contribution < 1.29 is 28.9 Å². The maximum Gasteiger partial charge on any atom is 0.301 e. The Bertz CT molecular complexity index is 1810. The molecule has 4 aromatic rings. The number of aliphatic hydroxyl groups excluding tert-OH is 1. The number of hydrogen-bond acceptors (Lipinski definition) is 8. The Balaban J connectivity index is 1.50. The summed E-state index contributed by atoms with van der Waals surface area (Å²) in [5, 5.41) is 12.1. The van der Waals surface area contributed by atoms with Crippen LogP contribution in [0, 0.1) is 13.8 Å². The highest BCUT2D eigenvalue weighted by Gasteiger charge is 2.48. The van der Waals surface area contributed by atoms with Crippen LogP contribution >= 0.6 is 11.3 Å². The molecule has 0 radical (unpaired) electrons. The van der Waals surface area contributed by atoms with Crippen LogP contribution in [0.25, 0.3) is 16.0 Å². The summed E-state index contributed by atoms with van der Waals surface area (Å²) in [4.78, 5) is 33.9. The highest BCUT2D eigenvalue weighted by Crippen LogP contribution is 2.46. The monoisotopic (exact) mass is 612 g/mol. The Morgan fingerprint density at radius 3 is 2.68 bits per heavy atom. The average Bonchev–Trinajstić information content (AvgIpc) is 3.67. The number of ketones is 1. The van der Waals surface area contributed by atoms with E-state index in [1.807, 2.05) is 45.0 Å². The Labute approximate surface area is 260 Å². The summed E-state index contributed by atoms with van der Waals surface area (Å²) in [5.41, 5.74) is 4.81. The van der Waals surface area contributed by atoms with Crippen molar-refractivity contribution in [1.29, 1.82) is 0 Å². The molecule has 6 rings (SSSR count). The fourth-order valence-corrected chi connectivity index (χ4v) is 7.21. The number of carbonyl (C=O) groups excluding carboxylic acids is 2. The molecule has 2 atom stereocenters. The Kier molecular flexibility index (Phi) is 8.07. The second-order valence-electron chi connectivity index (χ2n) is 11.5. The maximum absolute atomic E-state index is 13.8. The minimum absolute atomic E-state index is 0.00672. The zero-order valence-electron chi connectivity index (χ0n) is 25.6. The molecule has 1 saturated heterocycles. The molecule has 0 saturated carbocycles. The standard InChI is InChI=1S/C35H36N2O6S/c1-6-7-8-13-42-26-12-9-22(18-27(26)41-5)31-29(32(38)23-10-11-25-24(17-23)16-21(4)43-25)33(39)34(40)37(31)35-36-30-20(3)14-19(2)15-28(30)44-35/h9-12,14-15,17-18,21,31,38H,6-8,13,16H2,1-5H3/b32-29-. The number of unbranched alkanes of at least 4 members (excludes halogenated alkanes) is 2. The number of aryl methyl sites for hydroxylation is 2. The van der Waals surface area contributed by atoms with Crippen LogP contribution in [0.4, 0.5) is 5.13 Å². The average molecular weight is 613 g/mol. The molecule has 1 amide bonds. The second kappa shape index (κ2) is 12.0. The van der Waals surface area contributed by atoms with E-state index in [0.29, 0.717) is 40.8 Å². The lowest BCUT2D eigenvalue weighted by atomic mass is 9.94. The normalized spacial score (nSPS) is 19.0. The fourth-order valence-electron chi connectivity index (χ4n) is 6.04. The smallest absolute Gasteiger partial charge is 0.301 e. The number of carbonyl (C=O) groups is 2. The number of aliphatic hydroxyl groups is 1. The molecule has 1 fully saturated rings. The van der Waals surface area contributed by atoms with E-state index in [1.54, 1.807) is 31.4 Å². The first-order chi connectivity index (χ1) is 21.2. The van der Waals surface area contributed by atoms with Gasteiger partial charge in [-0.1, -0.05) is 43.2 Å². The number of fused-ring (bicyclic) bond motifs is 2. The lowest BCUT2D eigenvalue weighted by molar-refractivity contribution is -0.132. The van der Waals surface area contributed by atoms with Crippen molar-refractivity contribution in [3.63, 3.8) is 0 Å². The molecule has 44 heavy (non-hydrogen) atoms. The van der Waals surface area contributed by atoms with Gasteiger partial charge in [-0.05, 0) is 85.8 Å². The summed E-state index contributed by atoms with van der Waals surface area (Å²) >= 11 is 1.35. The molecule has 0 spiro atoms. The number of methoxy groups -OCH3 is 1. The Hall–Kier alpha value is -4.37. The third-order valence-electron chi connectivity index (χ3n) is 8.15. The molecule has 3 heterocycles. The zero-order chi connectivity index (χ0) is 31.1. The van der Waals surface area contributed by atoms with Gasteiger partial charge < -0.3 is 19.3 Å². The van der Waals surface area contributed by atoms with E-state index in [4.69, 9.17) is 19.2 Å². The molecule has 8 nitrogen and oxygen atoms in total. The second-order valence-corrected chi connectivity index (χ2v) is 12.5. The highest BCUT2D eigenvalue weighted by atomic mass is 32.1. The summed E-state index contributed by atoms with van der Waals surface area (Å²) in [5.74, 6) is 0.0356. The minimum Gasteiger partial charge on any atom is -0.507 e. The number of amides is 1.